The fourth-order valence-corrected chi connectivity index (χ4v) is 2.54. The van der Waals surface area contributed by atoms with Crippen molar-refractivity contribution in [1.29, 1.82) is 0 Å². The minimum absolute atomic E-state index is 0.535. The van der Waals surface area contributed by atoms with Crippen LogP contribution in [-0.4, -0.2) is 42.0 Å². The molecule has 0 atom stereocenters. The molecule has 3 rings (SSSR count). The van der Waals surface area contributed by atoms with Gasteiger partial charge in [0.05, 0.1) is 12.8 Å². The van der Waals surface area contributed by atoms with Crippen LogP contribution in [0.3, 0.4) is 0 Å². The van der Waals surface area contributed by atoms with Crippen LogP contribution in [0.4, 0.5) is 17.5 Å². The van der Waals surface area contributed by atoms with Gasteiger partial charge in [-0.2, -0.15) is 10.1 Å². The lowest BCUT2D eigenvalue weighted by atomic mass is 10.0. The average molecular weight is 285 g/mol. The van der Waals surface area contributed by atoms with Crippen molar-refractivity contribution in [3.63, 3.8) is 0 Å². The lowest BCUT2D eigenvalue weighted by Crippen LogP contribution is -2.26. The Morgan fingerprint density at radius 1 is 1.33 bits per heavy atom. The van der Waals surface area contributed by atoms with Gasteiger partial charge in [0.2, 0.25) is 5.95 Å². The highest BCUT2D eigenvalue weighted by atomic mass is 16.5. The van der Waals surface area contributed by atoms with E-state index in [4.69, 9.17) is 4.74 Å². The summed E-state index contributed by atoms with van der Waals surface area (Å²) in [6.07, 6.45) is 3.95. The fraction of sp³-hybridized carbons (Fsp3) is 0.400. The van der Waals surface area contributed by atoms with Crippen molar-refractivity contribution in [3.05, 3.63) is 36.0 Å². The van der Waals surface area contributed by atoms with Crippen LogP contribution < -0.4 is 10.2 Å². The number of fused-ring (bicyclic) bond motifs is 1. The number of aromatic nitrogens is 3. The van der Waals surface area contributed by atoms with Gasteiger partial charge >= 0.3 is 0 Å². The van der Waals surface area contributed by atoms with Crippen LogP contribution >= 0.6 is 0 Å². The molecule has 0 saturated carbocycles. The molecule has 0 spiro atoms. The average Bonchev–Trinajstić information content (AvgIpc) is 2.55. The Balaban J connectivity index is 1.83. The van der Waals surface area contributed by atoms with Crippen molar-refractivity contribution in [2.75, 3.05) is 37.0 Å². The Morgan fingerprint density at radius 3 is 3.14 bits per heavy atom. The van der Waals surface area contributed by atoms with Gasteiger partial charge < -0.3 is 15.0 Å². The third-order valence-electron chi connectivity index (χ3n) is 3.52. The van der Waals surface area contributed by atoms with Gasteiger partial charge in [0, 0.05) is 25.9 Å². The molecule has 0 aliphatic carbocycles. The second kappa shape index (κ2) is 6.49. The van der Waals surface area contributed by atoms with E-state index in [0.717, 1.165) is 25.2 Å². The van der Waals surface area contributed by atoms with E-state index in [1.54, 1.807) is 13.3 Å². The molecule has 0 radical (unpaired) electrons. The van der Waals surface area contributed by atoms with Crippen LogP contribution in [0.25, 0.3) is 0 Å². The Bertz CT molecular complexity index is 604. The van der Waals surface area contributed by atoms with Crippen molar-refractivity contribution >= 4 is 17.5 Å². The van der Waals surface area contributed by atoms with Crippen LogP contribution in [0.5, 0.6) is 0 Å². The first-order valence-electron chi connectivity index (χ1n) is 7.16. The molecule has 2 heterocycles. The zero-order chi connectivity index (χ0) is 14.5. The van der Waals surface area contributed by atoms with Crippen molar-refractivity contribution in [2.24, 2.45) is 0 Å². The van der Waals surface area contributed by atoms with E-state index in [2.05, 4.69) is 49.7 Å². The van der Waals surface area contributed by atoms with E-state index in [0.29, 0.717) is 19.1 Å². The molecule has 1 N–H and O–H groups in total. The number of ether oxygens (including phenoxy) is 1. The summed E-state index contributed by atoms with van der Waals surface area (Å²) in [5, 5.41) is 11.2. The van der Waals surface area contributed by atoms with E-state index in [1.165, 1.54) is 11.3 Å². The topological polar surface area (TPSA) is 63.2 Å². The molecule has 1 aliphatic heterocycles. The summed E-state index contributed by atoms with van der Waals surface area (Å²) in [6, 6.07) is 8.45. The number of nitrogens with zero attached hydrogens (tertiary/aromatic N) is 4. The predicted octanol–water partition coefficient (Wildman–Crippen LogP) is 2.01. The summed E-state index contributed by atoms with van der Waals surface area (Å²) in [4.78, 5) is 6.76. The predicted molar refractivity (Wildman–Crippen MR) is 82.0 cm³/mol. The summed E-state index contributed by atoms with van der Waals surface area (Å²) in [5.74, 6) is 1.37. The molecule has 1 aliphatic rings. The summed E-state index contributed by atoms with van der Waals surface area (Å²) >= 11 is 0. The number of hydrogen-bond acceptors (Lipinski definition) is 6. The van der Waals surface area contributed by atoms with Gasteiger partial charge in [0.25, 0.3) is 0 Å². The number of para-hydroxylation sites is 1. The lowest BCUT2D eigenvalue weighted by molar-refractivity contribution is 0.210. The largest absolute Gasteiger partial charge is 0.383 e. The van der Waals surface area contributed by atoms with Gasteiger partial charge in [-0.05, 0) is 24.5 Å². The van der Waals surface area contributed by atoms with Gasteiger partial charge in [0.1, 0.15) is 0 Å². The first-order valence-corrected chi connectivity index (χ1v) is 7.16. The normalized spacial score (nSPS) is 13.9. The summed E-state index contributed by atoms with van der Waals surface area (Å²) < 4.78 is 5.01. The molecule has 0 saturated heterocycles. The maximum Gasteiger partial charge on any atom is 0.244 e. The third-order valence-corrected chi connectivity index (χ3v) is 3.52. The highest BCUT2D eigenvalue weighted by Crippen LogP contribution is 2.31. The molecule has 2 aromatic rings. The van der Waals surface area contributed by atoms with E-state index in [-0.39, 0.29) is 0 Å². The number of aryl methyl sites for hydroxylation is 1. The second-order valence-corrected chi connectivity index (χ2v) is 4.94. The molecule has 21 heavy (non-hydrogen) atoms. The standard InChI is InChI=1S/C15H19N5O/c1-21-10-8-16-15-18-14(11-17-19-15)20-9-4-6-12-5-2-3-7-13(12)20/h2-3,5,7,11H,4,6,8-10H2,1H3,(H,16,18,19). The molecular formula is C15H19N5O. The van der Waals surface area contributed by atoms with Gasteiger partial charge in [-0.3, -0.25) is 0 Å². The van der Waals surface area contributed by atoms with Crippen LogP contribution in [-0.2, 0) is 11.2 Å². The SMILES string of the molecule is COCCNc1nncc(N2CCCc3ccccc32)n1. The van der Waals surface area contributed by atoms with Gasteiger partial charge in [-0.15, -0.1) is 5.10 Å². The summed E-state index contributed by atoms with van der Waals surface area (Å²) in [6.45, 7) is 2.23. The second-order valence-electron chi connectivity index (χ2n) is 4.94. The first kappa shape index (κ1) is 13.8. The van der Waals surface area contributed by atoms with Gasteiger partial charge in [0.15, 0.2) is 5.82 Å². The molecule has 1 aromatic heterocycles. The molecule has 1 aromatic carbocycles. The maximum absolute atomic E-state index is 5.01. The van der Waals surface area contributed by atoms with Crippen LogP contribution in [0.1, 0.15) is 12.0 Å². The molecule has 0 unspecified atom stereocenters. The zero-order valence-electron chi connectivity index (χ0n) is 12.1. The highest BCUT2D eigenvalue weighted by molar-refractivity contribution is 5.65. The van der Waals surface area contributed by atoms with Crippen molar-refractivity contribution in [1.82, 2.24) is 15.2 Å². The van der Waals surface area contributed by atoms with E-state index in [1.807, 2.05) is 0 Å². The highest BCUT2D eigenvalue weighted by Gasteiger charge is 2.19. The summed E-state index contributed by atoms with van der Waals surface area (Å²) in [7, 11) is 1.67. The van der Waals surface area contributed by atoms with E-state index < -0.39 is 0 Å². The lowest BCUT2D eigenvalue weighted by Gasteiger charge is -2.30. The zero-order valence-corrected chi connectivity index (χ0v) is 12.1. The smallest absolute Gasteiger partial charge is 0.244 e. The van der Waals surface area contributed by atoms with E-state index in [9.17, 15) is 0 Å². The Kier molecular flexibility index (Phi) is 4.25. The van der Waals surface area contributed by atoms with Crippen molar-refractivity contribution in [3.8, 4) is 0 Å². The van der Waals surface area contributed by atoms with Crippen molar-refractivity contribution < 1.29 is 4.74 Å². The molecule has 0 bridgehead atoms. The molecule has 6 heteroatoms. The van der Waals surface area contributed by atoms with E-state index >= 15 is 0 Å². The molecule has 110 valence electrons. The number of anilines is 3. The third kappa shape index (κ3) is 3.11. The number of benzene rings is 1. The molecule has 0 amide bonds. The Morgan fingerprint density at radius 2 is 2.24 bits per heavy atom. The van der Waals surface area contributed by atoms with Gasteiger partial charge in [-0.1, -0.05) is 18.2 Å². The van der Waals surface area contributed by atoms with Crippen LogP contribution in [0, 0.1) is 0 Å². The number of hydrogen-bond donors (Lipinski definition) is 1. The number of methoxy groups -OCH3 is 1. The maximum atomic E-state index is 5.01. The van der Waals surface area contributed by atoms with Gasteiger partial charge in [-0.25, -0.2) is 0 Å². The minimum Gasteiger partial charge on any atom is -0.383 e. The molecule has 0 fully saturated rings. The quantitative estimate of drug-likeness (QED) is 0.848. The minimum atomic E-state index is 0.535. The summed E-state index contributed by atoms with van der Waals surface area (Å²) in [5.41, 5.74) is 2.57. The Labute approximate surface area is 124 Å². The number of nitrogens with one attached hydrogen (secondary N) is 1. The molecular weight excluding hydrogens is 266 g/mol. The van der Waals surface area contributed by atoms with Crippen LogP contribution in [0.2, 0.25) is 0 Å². The van der Waals surface area contributed by atoms with Crippen molar-refractivity contribution in [2.45, 2.75) is 12.8 Å². The number of rotatable bonds is 5. The fourth-order valence-electron chi connectivity index (χ4n) is 2.54. The monoisotopic (exact) mass is 285 g/mol. The Hall–Kier alpha value is -2.21. The molecule has 6 nitrogen and oxygen atoms in total. The first-order chi connectivity index (χ1) is 10.4. The van der Waals surface area contributed by atoms with Crippen LogP contribution in [0.15, 0.2) is 30.5 Å².